The van der Waals surface area contributed by atoms with Crippen LogP contribution in [0.3, 0.4) is 0 Å². The molecule has 1 saturated heterocycles. The van der Waals surface area contributed by atoms with Crippen LogP contribution in [0, 0.1) is 19.8 Å². The monoisotopic (exact) mass is 362 g/mol. The number of carbonyl (C=O) groups is 1. The van der Waals surface area contributed by atoms with Crippen molar-refractivity contribution in [2.45, 2.75) is 33.3 Å². The Balaban J connectivity index is 1.46. The van der Waals surface area contributed by atoms with Gasteiger partial charge in [-0.1, -0.05) is 24.3 Å². The predicted octanol–water partition coefficient (Wildman–Crippen LogP) is 3.98. The Labute approximate surface area is 159 Å². The number of aryl methyl sites for hydroxylation is 2. The maximum atomic E-state index is 13.0. The number of hydrogen-bond donors (Lipinski definition) is 2. The normalized spacial score (nSPS) is 17.0. The fraction of sp³-hybridized carbons (Fsp3) is 0.348. The Morgan fingerprint density at radius 2 is 2.00 bits per heavy atom. The number of aromatic nitrogens is 1. The summed E-state index contributed by atoms with van der Waals surface area (Å²) in [6.45, 7) is 5.84. The molecule has 1 atom stereocenters. The summed E-state index contributed by atoms with van der Waals surface area (Å²) in [7, 11) is 0. The van der Waals surface area contributed by atoms with Crippen LogP contribution in [0.5, 0.6) is 0 Å². The predicted molar refractivity (Wildman–Crippen MR) is 108 cm³/mol. The van der Waals surface area contributed by atoms with Gasteiger partial charge in [0.15, 0.2) is 0 Å². The van der Waals surface area contributed by atoms with E-state index in [2.05, 4.69) is 31.0 Å². The summed E-state index contributed by atoms with van der Waals surface area (Å²) in [6.07, 6.45) is 1.98. The number of nitrogens with one attached hydrogen (secondary N) is 1. The molecule has 2 N–H and O–H groups in total. The maximum absolute atomic E-state index is 13.0. The molecule has 0 spiro atoms. The number of nitrogens with zero attached hydrogens (tertiary/aromatic N) is 1. The van der Waals surface area contributed by atoms with Crippen LogP contribution in [0.1, 0.15) is 39.2 Å². The number of benzene rings is 2. The van der Waals surface area contributed by atoms with Gasteiger partial charge in [0.25, 0.3) is 5.91 Å². The molecule has 4 rings (SSSR count). The van der Waals surface area contributed by atoms with Gasteiger partial charge in [-0.15, -0.1) is 0 Å². The Hall–Kier alpha value is -2.59. The highest BCUT2D eigenvalue weighted by Crippen LogP contribution is 2.26. The molecule has 0 saturated carbocycles. The van der Waals surface area contributed by atoms with Gasteiger partial charge in [-0.2, -0.15) is 0 Å². The highest BCUT2D eigenvalue weighted by atomic mass is 16.3. The Morgan fingerprint density at radius 3 is 2.81 bits per heavy atom. The van der Waals surface area contributed by atoms with Crippen LogP contribution in [0.25, 0.3) is 10.9 Å². The van der Waals surface area contributed by atoms with E-state index in [0.29, 0.717) is 5.92 Å². The standard InChI is InChI=1S/C23H26N2O2/c1-15-16(2)24-22-7-6-20(12-21(15)22)23(27)25-9-8-18(13-25)10-17-4-3-5-19(11-17)14-26/h3-7,11-12,18,24,26H,8-10,13-14H2,1-2H3/t18-/m1/s1. The van der Waals surface area contributed by atoms with E-state index >= 15 is 0 Å². The molecule has 1 fully saturated rings. The molecular formula is C23H26N2O2. The second-order valence-electron chi connectivity index (χ2n) is 7.72. The summed E-state index contributed by atoms with van der Waals surface area (Å²) in [5.74, 6) is 0.602. The topological polar surface area (TPSA) is 56.3 Å². The number of likely N-dealkylation sites (tertiary alicyclic amines) is 1. The van der Waals surface area contributed by atoms with Crippen LogP contribution in [-0.4, -0.2) is 34.0 Å². The largest absolute Gasteiger partial charge is 0.392 e. The number of fused-ring (bicyclic) bond motifs is 1. The lowest BCUT2D eigenvalue weighted by Gasteiger charge is -2.17. The molecule has 2 heterocycles. The van der Waals surface area contributed by atoms with Crippen LogP contribution < -0.4 is 0 Å². The van der Waals surface area contributed by atoms with Gasteiger partial charge in [0.2, 0.25) is 0 Å². The van der Waals surface area contributed by atoms with E-state index in [9.17, 15) is 9.90 Å². The van der Waals surface area contributed by atoms with Crippen molar-refractivity contribution in [2.75, 3.05) is 13.1 Å². The Morgan fingerprint density at radius 1 is 1.19 bits per heavy atom. The van der Waals surface area contributed by atoms with Gasteiger partial charge in [-0.25, -0.2) is 0 Å². The minimum absolute atomic E-state index is 0.0731. The Bertz CT molecular complexity index is 989. The average Bonchev–Trinajstić information content (AvgIpc) is 3.26. The molecule has 1 aromatic heterocycles. The highest BCUT2D eigenvalue weighted by molar-refractivity contribution is 5.99. The van der Waals surface area contributed by atoms with Crippen molar-refractivity contribution in [3.63, 3.8) is 0 Å². The van der Waals surface area contributed by atoms with E-state index in [-0.39, 0.29) is 12.5 Å². The number of amides is 1. The quantitative estimate of drug-likeness (QED) is 0.737. The molecule has 2 aromatic carbocycles. The molecule has 0 unspecified atom stereocenters. The zero-order valence-corrected chi connectivity index (χ0v) is 16.0. The SMILES string of the molecule is Cc1[nH]c2ccc(C(=O)N3CC[C@H](Cc4cccc(CO)c4)C3)cc2c1C. The van der Waals surface area contributed by atoms with E-state index in [0.717, 1.165) is 53.7 Å². The lowest BCUT2D eigenvalue weighted by molar-refractivity contribution is 0.0787. The first kappa shape index (κ1) is 17.8. The third-order valence-electron chi connectivity index (χ3n) is 5.83. The first-order valence-corrected chi connectivity index (χ1v) is 9.62. The third kappa shape index (κ3) is 3.50. The second kappa shape index (κ2) is 7.20. The van der Waals surface area contributed by atoms with Crippen LogP contribution in [0.4, 0.5) is 0 Å². The van der Waals surface area contributed by atoms with Gasteiger partial charge < -0.3 is 15.0 Å². The zero-order chi connectivity index (χ0) is 19.0. The van der Waals surface area contributed by atoms with Gasteiger partial charge in [0, 0.05) is 35.2 Å². The number of aromatic amines is 1. The molecule has 1 amide bonds. The summed E-state index contributed by atoms with van der Waals surface area (Å²) < 4.78 is 0. The minimum atomic E-state index is 0.0731. The fourth-order valence-corrected chi connectivity index (χ4v) is 4.15. The van der Waals surface area contributed by atoms with Crippen LogP contribution in [0.2, 0.25) is 0 Å². The van der Waals surface area contributed by atoms with Crippen molar-refractivity contribution in [3.05, 3.63) is 70.4 Å². The van der Waals surface area contributed by atoms with Gasteiger partial charge in [-0.05, 0) is 67.5 Å². The molecule has 0 bridgehead atoms. The van der Waals surface area contributed by atoms with Gasteiger partial charge in [0.1, 0.15) is 0 Å². The molecule has 0 aliphatic carbocycles. The molecule has 1 aliphatic heterocycles. The number of aliphatic hydroxyl groups is 1. The Kier molecular flexibility index (Phi) is 4.75. The molecule has 3 aromatic rings. The van der Waals surface area contributed by atoms with E-state index in [4.69, 9.17) is 0 Å². The molecule has 4 nitrogen and oxygen atoms in total. The lowest BCUT2D eigenvalue weighted by atomic mass is 9.97. The van der Waals surface area contributed by atoms with Crippen molar-refractivity contribution in [3.8, 4) is 0 Å². The van der Waals surface area contributed by atoms with Gasteiger partial charge in [0.05, 0.1) is 6.61 Å². The summed E-state index contributed by atoms with van der Waals surface area (Å²) in [6, 6.07) is 14.1. The van der Waals surface area contributed by atoms with Crippen molar-refractivity contribution in [1.82, 2.24) is 9.88 Å². The summed E-state index contributed by atoms with van der Waals surface area (Å²) in [4.78, 5) is 18.3. The van der Waals surface area contributed by atoms with Crippen LogP contribution >= 0.6 is 0 Å². The van der Waals surface area contributed by atoms with Crippen molar-refractivity contribution >= 4 is 16.8 Å². The lowest BCUT2D eigenvalue weighted by Crippen LogP contribution is -2.28. The van der Waals surface area contributed by atoms with Gasteiger partial charge in [-0.3, -0.25) is 4.79 Å². The molecule has 27 heavy (non-hydrogen) atoms. The van der Waals surface area contributed by atoms with Crippen LogP contribution in [0.15, 0.2) is 42.5 Å². The molecular weight excluding hydrogens is 336 g/mol. The van der Waals surface area contributed by atoms with Crippen molar-refractivity contribution in [2.24, 2.45) is 5.92 Å². The molecule has 0 radical (unpaired) electrons. The van der Waals surface area contributed by atoms with Crippen LogP contribution in [-0.2, 0) is 13.0 Å². The van der Waals surface area contributed by atoms with Crippen molar-refractivity contribution in [1.29, 1.82) is 0 Å². The minimum Gasteiger partial charge on any atom is -0.392 e. The average molecular weight is 362 g/mol. The van der Waals surface area contributed by atoms with E-state index < -0.39 is 0 Å². The number of aliphatic hydroxyl groups excluding tert-OH is 1. The van der Waals surface area contributed by atoms with E-state index in [1.807, 2.05) is 35.2 Å². The number of rotatable bonds is 4. The summed E-state index contributed by atoms with van der Waals surface area (Å²) >= 11 is 0. The second-order valence-corrected chi connectivity index (χ2v) is 7.72. The van der Waals surface area contributed by atoms with Gasteiger partial charge >= 0.3 is 0 Å². The highest BCUT2D eigenvalue weighted by Gasteiger charge is 2.27. The first-order chi connectivity index (χ1) is 13.0. The smallest absolute Gasteiger partial charge is 0.253 e. The molecule has 140 valence electrons. The fourth-order valence-electron chi connectivity index (χ4n) is 4.15. The van der Waals surface area contributed by atoms with E-state index in [1.165, 1.54) is 11.1 Å². The van der Waals surface area contributed by atoms with E-state index in [1.54, 1.807) is 0 Å². The zero-order valence-electron chi connectivity index (χ0n) is 16.0. The molecule has 4 heteroatoms. The third-order valence-corrected chi connectivity index (χ3v) is 5.83. The van der Waals surface area contributed by atoms with Crippen molar-refractivity contribution < 1.29 is 9.90 Å². The molecule has 1 aliphatic rings. The number of carbonyl (C=O) groups excluding carboxylic acids is 1. The summed E-state index contributed by atoms with van der Waals surface area (Å²) in [5, 5.41) is 10.4. The number of hydrogen-bond acceptors (Lipinski definition) is 2. The first-order valence-electron chi connectivity index (χ1n) is 9.62. The number of H-pyrrole nitrogens is 1. The maximum Gasteiger partial charge on any atom is 0.253 e. The summed E-state index contributed by atoms with van der Waals surface area (Å²) in [5.41, 5.74) is 6.41.